The number of aryl methyl sites for hydroxylation is 1. The van der Waals surface area contributed by atoms with Crippen molar-refractivity contribution < 1.29 is 36.4 Å². The van der Waals surface area contributed by atoms with Gasteiger partial charge >= 0.3 is 13.5 Å². The van der Waals surface area contributed by atoms with Gasteiger partial charge in [0, 0.05) is 25.3 Å². The number of aromatic carboxylic acids is 1. The van der Waals surface area contributed by atoms with Gasteiger partial charge in [-0.15, -0.1) is 0 Å². The molecule has 1 unspecified atom stereocenters. The van der Waals surface area contributed by atoms with E-state index in [-0.39, 0.29) is 34.9 Å². The molecular weight excluding hydrogens is 428 g/mol. The van der Waals surface area contributed by atoms with Crippen molar-refractivity contribution in [2.24, 2.45) is 0 Å². The first kappa shape index (κ1) is 24.4. The molecule has 3 rings (SSSR count). The van der Waals surface area contributed by atoms with Gasteiger partial charge in [0.15, 0.2) is 11.6 Å². The van der Waals surface area contributed by atoms with Crippen molar-refractivity contribution >= 4 is 30.1 Å². The van der Waals surface area contributed by atoms with Gasteiger partial charge in [-0.3, -0.25) is 17.7 Å². The number of aromatic nitrogens is 1. The van der Waals surface area contributed by atoms with E-state index < -0.39 is 37.0 Å². The average Bonchev–Trinajstić information content (AvgIpc) is 3.17. The number of carboxylic acids is 1. The van der Waals surface area contributed by atoms with Gasteiger partial charge in [0.05, 0.1) is 24.6 Å². The number of ether oxygens (including phenoxy) is 1. The lowest BCUT2D eigenvalue weighted by Crippen LogP contribution is -2.30. The summed E-state index contributed by atoms with van der Waals surface area (Å²) in [4.78, 5) is 25.7. The van der Waals surface area contributed by atoms with Crippen LogP contribution in [0.15, 0.2) is 17.1 Å². The average molecular weight is 449 g/mol. The zero-order chi connectivity index (χ0) is 23.3. The fourth-order valence-electron chi connectivity index (χ4n) is 3.60. The molecule has 1 aromatic carbocycles. The molecule has 0 spiro atoms. The van der Waals surface area contributed by atoms with Crippen LogP contribution in [0.1, 0.15) is 16.8 Å². The lowest BCUT2D eigenvalue weighted by Gasteiger charge is -2.24. The lowest BCUT2D eigenvalue weighted by molar-refractivity contribution is 0.0694. The standard InChI is InChI=1S/C18H21F2N3O4.BF3/c1-21-10-3-5-22(8-10)15-13(20)7-11-14(17(15)27-2)23(6-4-19)9-12(16(11)24)18(25)26;2-1(3)4/h7,9-10,21H,3-6,8H2,1-2H3,(H,25,26);. The number of pyridine rings is 1. The summed E-state index contributed by atoms with van der Waals surface area (Å²) >= 11 is 0. The van der Waals surface area contributed by atoms with Gasteiger partial charge in [-0.05, 0) is 19.5 Å². The SMILES string of the molecule is CNC1CCN(c2c(F)cc3c(=O)c(C(=O)O)cn(CCF)c3c2OC)C1.FB(F)F. The Hall–Kier alpha value is -2.83. The van der Waals surface area contributed by atoms with Gasteiger partial charge in [-0.2, -0.15) is 0 Å². The lowest BCUT2D eigenvalue weighted by atomic mass is 10.1. The van der Waals surface area contributed by atoms with Crippen LogP contribution in [-0.2, 0) is 6.54 Å². The molecule has 2 N–H and O–H groups in total. The van der Waals surface area contributed by atoms with E-state index in [4.69, 9.17) is 4.74 Å². The van der Waals surface area contributed by atoms with Crippen molar-refractivity contribution in [1.82, 2.24) is 9.88 Å². The Balaban J connectivity index is 0.000000785. The van der Waals surface area contributed by atoms with E-state index in [1.54, 1.807) is 0 Å². The molecule has 0 amide bonds. The highest BCUT2D eigenvalue weighted by Gasteiger charge is 2.29. The monoisotopic (exact) mass is 449 g/mol. The number of nitrogens with one attached hydrogen (secondary N) is 1. The molecule has 0 radical (unpaired) electrons. The number of fused-ring (bicyclic) bond motifs is 1. The first-order valence-corrected chi connectivity index (χ1v) is 9.23. The number of likely N-dealkylation sites (N-methyl/N-ethyl adjacent to an activating group) is 1. The molecule has 1 aliphatic rings. The molecule has 31 heavy (non-hydrogen) atoms. The number of halogens is 5. The predicted octanol–water partition coefficient (Wildman–Crippen LogP) is 2.49. The number of nitrogens with zero attached hydrogens (tertiary/aromatic N) is 2. The highest BCUT2D eigenvalue weighted by atomic mass is 19.4. The van der Waals surface area contributed by atoms with E-state index in [2.05, 4.69) is 5.32 Å². The van der Waals surface area contributed by atoms with Crippen molar-refractivity contribution in [3.05, 3.63) is 33.9 Å². The maximum absolute atomic E-state index is 15.0. The summed E-state index contributed by atoms with van der Waals surface area (Å²) < 4.78 is 63.8. The van der Waals surface area contributed by atoms with E-state index in [1.165, 1.54) is 11.7 Å². The van der Waals surface area contributed by atoms with Crippen molar-refractivity contribution in [1.29, 1.82) is 0 Å². The molecule has 1 atom stereocenters. The number of rotatable bonds is 6. The van der Waals surface area contributed by atoms with Crippen molar-refractivity contribution in [2.75, 3.05) is 38.8 Å². The zero-order valence-corrected chi connectivity index (χ0v) is 16.8. The fourth-order valence-corrected chi connectivity index (χ4v) is 3.60. The number of carbonyl (C=O) groups is 1. The minimum absolute atomic E-state index is 0.101. The smallest absolute Gasteiger partial charge is 0.492 e. The molecule has 1 saturated heterocycles. The van der Waals surface area contributed by atoms with Gasteiger partial charge in [-0.1, -0.05) is 0 Å². The zero-order valence-electron chi connectivity index (χ0n) is 16.8. The largest absolute Gasteiger partial charge is 0.762 e. The van der Waals surface area contributed by atoms with Crippen LogP contribution >= 0.6 is 0 Å². The van der Waals surface area contributed by atoms with Crippen LogP contribution in [0.5, 0.6) is 5.75 Å². The second-order valence-corrected chi connectivity index (χ2v) is 6.66. The summed E-state index contributed by atoms with van der Waals surface area (Å²) in [6.45, 7) is 0.177. The highest BCUT2D eigenvalue weighted by molar-refractivity contribution is 6.33. The summed E-state index contributed by atoms with van der Waals surface area (Å²) in [6.07, 6.45) is 1.89. The van der Waals surface area contributed by atoms with Crippen LogP contribution < -0.4 is 20.4 Å². The van der Waals surface area contributed by atoms with Crippen molar-refractivity contribution in [3.8, 4) is 5.75 Å². The first-order valence-electron chi connectivity index (χ1n) is 9.23. The van der Waals surface area contributed by atoms with E-state index >= 15 is 0 Å². The molecule has 1 fully saturated rings. The maximum Gasteiger partial charge on any atom is 0.762 e. The second-order valence-electron chi connectivity index (χ2n) is 6.66. The van der Waals surface area contributed by atoms with Crippen LogP contribution in [-0.4, -0.2) is 63.2 Å². The molecule has 7 nitrogen and oxygen atoms in total. The number of hydrogen-bond donors (Lipinski definition) is 2. The minimum Gasteiger partial charge on any atom is -0.492 e. The van der Waals surface area contributed by atoms with Crippen LogP contribution in [0.25, 0.3) is 10.9 Å². The predicted molar refractivity (Wildman–Crippen MR) is 106 cm³/mol. The molecule has 1 aromatic heterocycles. The Labute approximate surface area is 174 Å². The van der Waals surface area contributed by atoms with Gasteiger partial charge in [0.25, 0.3) is 0 Å². The van der Waals surface area contributed by atoms with Crippen molar-refractivity contribution in [3.63, 3.8) is 0 Å². The number of hydrogen-bond acceptors (Lipinski definition) is 5. The molecule has 13 heteroatoms. The molecule has 2 aromatic rings. The molecule has 0 aliphatic carbocycles. The number of alkyl halides is 1. The Bertz CT molecular complexity index is 1000. The summed E-state index contributed by atoms with van der Waals surface area (Å²) in [5.74, 6) is -2.03. The van der Waals surface area contributed by atoms with E-state index in [0.717, 1.165) is 18.7 Å². The van der Waals surface area contributed by atoms with Crippen LogP contribution in [0.4, 0.5) is 27.4 Å². The maximum atomic E-state index is 15.0. The Morgan fingerprint density at radius 3 is 2.52 bits per heavy atom. The summed E-state index contributed by atoms with van der Waals surface area (Å²) in [5, 5.41) is 12.2. The topological polar surface area (TPSA) is 83.8 Å². The van der Waals surface area contributed by atoms with Crippen LogP contribution in [0.2, 0.25) is 0 Å². The third-order valence-corrected chi connectivity index (χ3v) is 4.92. The summed E-state index contributed by atoms with van der Waals surface area (Å²) in [6, 6.07) is 1.20. The minimum atomic E-state index is -3.67. The van der Waals surface area contributed by atoms with Gasteiger partial charge < -0.3 is 24.6 Å². The first-order chi connectivity index (χ1) is 14.7. The fraction of sp³-hybridized carbons (Fsp3) is 0.444. The molecule has 0 bridgehead atoms. The quantitative estimate of drug-likeness (QED) is 0.521. The second kappa shape index (κ2) is 10.5. The van der Waals surface area contributed by atoms with Crippen molar-refractivity contribution in [2.45, 2.75) is 19.0 Å². The van der Waals surface area contributed by atoms with E-state index in [0.29, 0.717) is 13.1 Å². The Morgan fingerprint density at radius 1 is 1.39 bits per heavy atom. The molecular formula is C18H21BF5N3O4. The van der Waals surface area contributed by atoms with Crippen LogP contribution in [0.3, 0.4) is 0 Å². The molecule has 0 saturated carbocycles. The summed E-state index contributed by atoms with van der Waals surface area (Å²) in [7, 11) is -0.493. The Morgan fingerprint density at radius 2 is 2.03 bits per heavy atom. The van der Waals surface area contributed by atoms with Gasteiger partial charge in [0.2, 0.25) is 5.43 Å². The molecule has 2 heterocycles. The number of carboxylic acid groups (broad SMARTS) is 1. The number of methoxy groups -OCH3 is 1. The number of anilines is 1. The third kappa shape index (κ3) is 5.27. The Kier molecular flexibility index (Phi) is 8.25. The summed E-state index contributed by atoms with van der Waals surface area (Å²) in [5.41, 5.74) is -0.986. The molecule has 170 valence electrons. The van der Waals surface area contributed by atoms with Crippen LogP contribution in [0, 0.1) is 5.82 Å². The number of benzene rings is 1. The van der Waals surface area contributed by atoms with Gasteiger partial charge in [0.1, 0.15) is 17.9 Å². The third-order valence-electron chi connectivity index (χ3n) is 4.92. The molecule has 1 aliphatic heterocycles. The van der Waals surface area contributed by atoms with E-state index in [9.17, 15) is 36.4 Å². The normalized spacial score (nSPS) is 15.6. The van der Waals surface area contributed by atoms with Gasteiger partial charge in [-0.25, -0.2) is 13.6 Å². The van der Waals surface area contributed by atoms with E-state index in [1.807, 2.05) is 11.9 Å². The highest BCUT2D eigenvalue weighted by Crippen LogP contribution is 2.39.